The fourth-order valence-corrected chi connectivity index (χ4v) is 7.47. The van der Waals surface area contributed by atoms with E-state index in [1.165, 1.54) is 14.6 Å². The summed E-state index contributed by atoms with van der Waals surface area (Å²) >= 11 is 5.12. The number of rotatable bonds is 3. The van der Waals surface area contributed by atoms with E-state index in [1.807, 2.05) is 0 Å². The van der Waals surface area contributed by atoms with Gasteiger partial charge in [0.1, 0.15) is 17.1 Å². The topological polar surface area (TPSA) is 30.9 Å². The second-order valence-electron chi connectivity index (χ2n) is 9.04. The van der Waals surface area contributed by atoms with Gasteiger partial charge in [0, 0.05) is 14.6 Å². The van der Waals surface area contributed by atoms with Gasteiger partial charge in [-0.3, -0.25) is 4.90 Å². The van der Waals surface area contributed by atoms with Crippen molar-refractivity contribution in [2.24, 2.45) is 0 Å². The van der Waals surface area contributed by atoms with Gasteiger partial charge in [-0.2, -0.15) is 0 Å². The van der Waals surface area contributed by atoms with Crippen LogP contribution in [0.1, 0.15) is 0 Å². The van der Waals surface area contributed by atoms with Crippen molar-refractivity contribution in [3.63, 3.8) is 0 Å². The van der Waals surface area contributed by atoms with Crippen LogP contribution in [-0.4, -0.2) is 0 Å². The van der Waals surface area contributed by atoms with Gasteiger partial charge < -0.3 is 14.2 Å². The van der Waals surface area contributed by atoms with Crippen LogP contribution in [0.3, 0.4) is 0 Å². The second-order valence-corrected chi connectivity index (χ2v) is 11.9. The Morgan fingerprint density at radius 2 is 0.730 bits per heavy atom. The average Bonchev–Trinajstić information content (AvgIpc) is 3.71. The van der Waals surface area contributed by atoms with Gasteiger partial charge in [-0.1, -0.05) is 18.2 Å². The molecule has 176 valence electrons. The molecule has 0 unspecified atom stereocenters. The first-order valence-electron chi connectivity index (χ1n) is 11.8. The van der Waals surface area contributed by atoms with E-state index >= 15 is 0 Å². The fraction of sp³-hybridized carbons (Fsp3) is 0. The summed E-state index contributed by atoms with van der Waals surface area (Å²) in [7, 11) is 0. The molecule has 0 saturated heterocycles. The van der Waals surface area contributed by atoms with Crippen molar-refractivity contribution < 1.29 is 14.2 Å². The molecule has 0 N–H and O–H groups in total. The minimum atomic E-state index is 0.781. The molecular weight excluding hydrogens is 519 g/mol. The number of anilines is 3. The fourth-order valence-electron chi connectivity index (χ4n) is 5.32. The van der Waals surface area contributed by atoms with Crippen LogP contribution in [-0.2, 0) is 0 Å². The SMILES string of the molecule is c1csc(-c2cc3c4c(c2)Oc2cc(-c5cccs5)cc5c2N4c2c(cc(-c4cccs4)cc2O5)O3)c1. The molecule has 4 nitrogen and oxygen atoms in total. The molecule has 0 spiro atoms. The van der Waals surface area contributed by atoms with Crippen LogP contribution in [0.15, 0.2) is 88.9 Å². The zero-order valence-electron chi connectivity index (χ0n) is 19.1. The molecule has 3 aromatic carbocycles. The van der Waals surface area contributed by atoms with Gasteiger partial charge in [0.25, 0.3) is 0 Å². The van der Waals surface area contributed by atoms with Gasteiger partial charge in [0.15, 0.2) is 34.5 Å². The first kappa shape index (κ1) is 20.1. The summed E-state index contributed by atoms with van der Waals surface area (Å²) in [5.74, 6) is 4.69. The quantitative estimate of drug-likeness (QED) is 0.226. The molecule has 0 amide bonds. The highest BCUT2D eigenvalue weighted by atomic mass is 32.1. The zero-order chi connectivity index (χ0) is 24.1. The number of benzene rings is 3. The lowest BCUT2D eigenvalue weighted by molar-refractivity contribution is 0.419. The Kier molecular flexibility index (Phi) is 3.94. The molecule has 0 aliphatic carbocycles. The zero-order valence-corrected chi connectivity index (χ0v) is 21.5. The Morgan fingerprint density at radius 1 is 0.432 bits per heavy atom. The van der Waals surface area contributed by atoms with E-state index < -0.39 is 0 Å². The minimum absolute atomic E-state index is 0.781. The standard InChI is InChI=1S/C30H15NO3S3/c1-4-25(35-7-1)16-10-19-28-20(11-16)33-22-13-18(27-6-3-9-37-27)15-24-30(22)31(28)29-21(32-19)12-17(14-23(29)34-24)26-5-2-8-36-26/h1-15H. The molecule has 0 radical (unpaired) electrons. The van der Waals surface area contributed by atoms with E-state index in [2.05, 4.69) is 93.8 Å². The molecule has 3 aromatic heterocycles. The lowest BCUT2D eigenvalue weighted by Gasteiger charge is -2.42. The Labute approximate surface area is 224 Å². The van der Waals surface area contributed by atoms with E-state index in [9.17, 15) is 0 Å². The van der Waals surface area contributed by atoms with Crippen molar-refractivity contribution in [1.82, 2.24) is 0 Å². The van der Waals surface area contributed by atoms with Crippen LogP contribution in [0.25, 0.3) is 31.3 Å². The summed E-state index contributed by atoms with van der Waals surface area (Å²) in [5.41, 5.74) is 5.98. The lowest BCUT2D eigenvalue weighted by atomic mass is 10.00. The molecule has 9 rings (SSSR count). The normalized spacial score (nSPS) is 13.5. The summed E-state index contributed by atoms with van der Waals surface area (Å²) in [4.78, 5) is 5.79. The molecule has 7 heteroatoms. The van der Waals surface area contributed by atoms with E-state index in [0.717, 1.165) is 68.2 Å². The predicted octanol–water partition coefficient (Wildman–Crippen LogP) is 10.7. The third-order valence-electron chi connectivity index (χ3n) is 6.87. The molecule has 0 bridgehead atoms. The highest BCUT2D eigenvalue weighted by Gasteiger charge is 2.42. The molecule has 37 heavy (non-hydrogen) atoms. The van der Waals surface area contributed by atoms with Gasteiger partial charge >= 0.3 is 0 Å². The van der Waals surface area contributed by atoms with E-state index in [4.69, 9.17) is 14.2 Å². The number of thiophene rings is 3. The van der Waals surface area contributed by atoms with E-state index in [1.54, 1.807) is 34.0 Å². The van der Waals surface area contributed by atoms with Crippen LogP contribution in [0.2, 0.25) is 0 Å². The molecule has 3 aliphatic rings. The Hall–Kier alpha value is -4.04. The third-order valence-corrected chi connectivity index (χ3v) is 9.62. The summed E-state index contributed by atoms with van der Waals surface area (Å²) < 4.78 is 19.9. The Balaban J connectivity index is 1.34. The predicted molar refractivity (Wildman–Crippen MR) is 151 cm³/mol. The van der Waals surface area contributed by atoms with Gasteiger partial charge in [0.05, 0.1) is 0 Å². The maximum Gasteiger partial charge on any atom is 0.156 e. The number of hydrogen-bond acceptors (Lipinski definition) is 7. The Morgan fingerprint density at radius 3 is 0.973 bits per heavy atom. The maximum atomic E-state index is 6.62. The van der Waals surface area contributed by atoms with Crippen LogP contribution < -0.4 is 19.1 Å². The molecule has 3 aliphatic heterocycles. The second kappa shape index (κ2) is 7.26. The van der Waals surface area contributed by atoms with Crippen molar-refractivity contribution >= 4 is 51.1 Å². The highest BCUT2D eigenvalue weighted by molar-refractivity contribution is 7.14. The minimum Gasteiger partial charge on any atom is -0.453 e. The van der Waals surface area contributed by atoms with Crippen molar-refractivity contribution in [3.8, 4) is 65.8 Å². The third kappa shape index (κ3) is 2.81. The van der Waals surface area contributed by atoms with Crippen LogP contribution in [0, 0.1) is 0 Å². The van der Waals surface area contributed by atoms with E-state index in [-0.39, 0.29) is 0 Å². The summed E-state index contributed by atoms with van der Waals surface area (Å²) in [6.45, 7) is 0. The summed E-state index contributed by atoms with van der Waals surface area (Å²) in [6, 6.07) is 25.3. The summed E-state index contributed by atoms with van der Waals surface area (Å²) in [6.07, 6.45) is 0. The van der Waals surface area contributed by atoms with Gasteiger partial charge in [-0.05, 0) is 87.4 Å². The molecule has 0 atom stereocenters. The van der Waals surface area contributed by atoms with Gasteiger partial charge in [-0.15, -0.1) is 34.0 Å². The molecule has 0 fully saturated rings. The number of hydrogen-bond donors (Lipinski definition) is 0. The molecule has 0 saturated carbocycles. The van der Waals surface area contributed by atoms with E-state index in [0.29, 0.717) is 0 Å². The number of nitrogens with zero attached hydrogens (tertiary/aromatic N) is 1. The van der Waals surface area contributed by atoms with Crippen LogP contribution >= 0.6 is 34.0 Å². The Bertz CT molecular complexity index is 1570. The number of ether oxygens (including phenoxy) is 3. The van der Waals surface area contributed by atoms with Crippen molar-refractivity contribution in [3.05, 3.63) is 88.9 Å². The monoisotopic (exact) mass is 533 g/mol. The van der Waals surface area contributed by atoms with Crippen molar-refractivity contribution in [2.45, 2.75) is 0 Å². The molecular formula is C30H15NO3S3. The first-order valence-corrected chi connectivity index (χ1v) is 14.4. The van der Waals surface area contributed by atoms with Crippen molar-refractivity contribution in [2.75, 3.05) is 4.90 Å². The lowest BCUT2D eigenvalue weighted by Crippen LogP contribution is -2.24. The van der Waals surface area contributed by atoms with Crippen molar-refractivity contribution in [1.29, 1.82) is 0 Å². The average molecular weight is 534 g/mol. The maximum absolute atomic E-state index is 6.62. The largest absolute Gasteiger partial charge is 0.453 e. The molecule has 6 heterocycles. The van der Waals surface area contributed by atoms with Crippen LogP contribution in [0.5, 0.6) is 34.5 Å². The van der Waals surface area contributed by atoms with Gasteiger partial charge in [0.2, 0.25) is 0 Å². The first-order chi connectivity index (χ1) is 18.3. The molecule has 6 aromatic rings. The smallest absolute Gasteiger partial charge is 0.156 e. The highest BCUT2D eigenvalue weighted by Crippen LogP contribution is 2.68. The van der Waals surface area contributed by atoms with Crippen LogP contribution in [0.4, 0.5) is 17.1 Å². The van der Waals surface area contributed by atoms with Gasteiger partial charge in [-0.25, -0.2) is 0 Å². The summed E-state index contributed by atoms with van der Waals surface area (Å²) in [5, 5.41) is 6.27.